The molecule has 0 saturated heterocycles. The van der Waals surface area contributed by atoms with Gasteiger partial charge in [0.25, 0.3) is 5.56 Å². The summed E-state index contributed by atoms with van der Waals surface area (Å²) in [7, 11) is 0. The van der Waals surface area contributed by atoms with E-state index >= 15 is 0 Å². The van der Waals surface area contributed by atoms with Crippen molar-refractivity contribution in [3.05, 3.63) is 57.3 Å². The molecule has 0 amide bonds. The van der Waals surface area contributed by atoms with Crippen LogP contribution in [0.25, 0.3) is 0 Å². The van der Waals surface area contributed by atoms with Gasteiger partial charge in [0, 0.05) is 36.0 Å². The Bertz CT molecular complexity index is 979. The topological polar surface area (TPSA) is 87.7 Å². The molecule has 2 aromatic rings. The molecule has 0 bridgehead atoms. The number of fused-ring (bicyclic) bond motifs is 1. The van der Waals surface area contributed by atoms with Gasteiger partial charge in [-0.25, -0.2) is 4.98 Å². The summed E-state index contributed by atoms with van der Waals surface area (Å²) in [4.78, 5) is 37.4. The quantitative estimate of drug-likeness (QED) is 0.626. The number of carbonyl (C=O) groups excluding carboxylic acids is 1. The van der Waals surface area contributed by atoms with Crippen LogP contribution in [0.4, 0.5) is 5.82 Å². The van der Waals surface area contributed by atoms with Crippen LogP contribution in [0.5, 0.6) is 0 Å². The zero-order chi connectivity index (χ0) is 18.5. The molecule has 26 heavy (non-hydrogen) atoms. The summed E-state index contributed by atoms with van der Waals surface area (Å²) in [6.07, 6.45) is 6.48. The van der Waals surface area contributed by atoms with Gasteiger partial charge < -0.3 is 10.3 Å². The molecule has 1 atom stereocenters. The maximum atomic E-state index is 13.0. The van der Waals surface area contributed by atoms with Crippen LogP contribution in [0.3, 0.4) is 0 Å². The highest BCUT2D eigenvalue weighted by molar-refractivity contribution is 7.98. The first kappa shape index (κ1) is 17.0. The van der Waals surface area contributed by atoms with Crippen LogP contribution in [0.1, 0.15) is 43.7 Å². The molecule has 0 saturated carbocycles. The molecule has 7 heteroatoms. The number of H-pyrrole nitrogens is 1. The van der Waals surface area contributed by atoms with E-state index < -0.39 is 5.92 Å². The Hall–Kier alpha value is -2.41. The number of ketones is 1. The standard InChI is InChI=1S/C19H20N4O2S/c1-19(2)7-11-14(12(24)8-19)13(10-5-4-6-20-9-10)15-16(21-11)22-18(26-3)23-17(15)25/h4-6,9,13H,7-8H2,1-3H3,(H2,21,22,23,25). The summed E-state index contributed by atoms with van der Waals surface area (Å²) in [5, 5.41) is 3.85. The van der Waals surface area contributed by atoms with Crippen LogP contribution in [0, 0.1) is 5.41 Å². The lowest BCUT2D eigenvalue weighted by Crippen LogP contribution is -2.37. The number of nitrogens with one attached hydrogen (secondary N) is 2. The van der Waals surface area contributed by atoms with Gasteiger partial charge in [0.15, 0.2) is 10.9 Å². The summed E-state index contributed by atoms with van der Waals surface area (Å²) in [5.74, 6) is 0.179. The van der Waals surface area contributed by atoms with Crippen LogP contribution in [0.15, 0.2) is 45.7 Å². The number of pyridine rings is 1. The number of Topliss-reactive ketones (excluding diaryl/α,β-unsaturated/α-hetero) is 1. The minimum absolute atomic E-state index is 0.0802. The summed E-state index contributed by atoms with van der Waals surface area (Å²) in [6, 6.07) is 3.73. The van der Waals surface area contributed by atoms with Gasteiger partial charge in [-0.3, -0.25) is 14.6 Å². The second-order valence-corrected chi connectivity index (χ2v) is 8.31. The van der Waals surface area contributed by atoms with Crippen molar-refractivity contribution in [3.63, 3.8) is 0 Å². The minimum atomic E-state index is -0.439. The number of anilines is 1. The maximum Gasteiger partial charge on any atom is 0.257 e. The lowest BCUT2D eigenvalue weighted by molar-refractivity contribution is -0.118. The van der Waals surface area contributed by atoms with Crippen molar-refractivity contribution in [1.82, 2.24) is 15.0 Å². The molecule has 0 spiro atoms. The Morgan fingerprint density at radius 2 is 2.08 bits per heavy atom. The van der Waals surface area contributed by atoms with Crippen molar-refractivity contribution in [1.29, 1.82) is 0 Å². The fourth-order valence-electron chi connectivity index (χ4n) is 3.87. The second-order valence-electron chi connectivity index (χ2n) is 7.52. The van der Waals surface area contributed by atoms with Gasteiger partial charge in [0.05, 0.1) is 5.56 Å². The van der Waals surface area contributed by atoms with Crippen molar-refractivity contribution in [2.45, 2.75) is 37.8 Å². The van der Waals surface area contributed by atoms with Crippen molar-refractivity contribution < 1.29 is 4.79 Å². The highest BCUT2D eigenvalue weighted by Crippen LogP contribution is 2.47. The normalized spacial score (nSPS) is 21.0. The number of aromatic nitrogens is 3. The number of rotatable bonds is 2. The minimum Gasteiger partial charge on any atom is -0.343 e. The molecule has 1 aliphatic heterocycles. The Morgan fingerprint density at radius 1 is 1.27 bits per heavy atom. The van der Waals surface area contributed by atoms with Gasteiger partial charge in [-0.15, -0.1) is 0 Å². The Kier molecular flexibility index (Phi) is 3.99. The number of hydrogen-bond acceptors (Lipinski definition) is 6. The van der Waals surface area contributed by atoms with Crippen LogP contribution in [-0.4, -0.2) is 27.0 Å². The summed E-state index contributed by atoms with van der Waals surface area (Å²) >= 11 is 1.38. The van der Waals surface area contributed by atoms with E-state index in [4.69, 9.17) is 0 Å². The molecular weight excluding hydrogens is 348 g/mol. The summed E-state index contributed by atoms with van der Waals surface area (Å²) < 4.78 is 0. The smallest absolute Gasteiger partial charge is 0.257 e. The zero-order valence-corrected chi connectivity index (χ0v) is 15.7. The molecule has 1 unspecified atom stereocenters. The molecule has 0 fully saturated rings. The van der Waals surface area contributed by atoms with E-state index in [0.717, 1.165) is 17.7 Å². The third kappa shape index (κ3) is 2.76. The first-order valence-electron chi connectivity index (χ1n) is 8.51. The number of allylic oxidation sites excluding steroid dienone is 2. The predicted molar refractivity (Wildman–Crippen MR) is 101 cm³/mol. The van der Waals surface area contributed by atoms with Gasteiger partial charge >= 0.3 is 0 Å². The molecule has 2 aliphatic rings. The first-order valence-corrected chi connectivity index (χ1v) is 9.73. The summed E-state index contributed by atoms with van der Waals surface area (Å²) in [5.41, 5.74) is 2.53. The monoisotopic (exact) mass is 368 g/mol. The zero-order valence-electron chi connectivity index (χ0n) is 14.9. The molecule has 2 aromatic heterocycles. The van der Waals surface area contributed by atoms with Gasteiger partial charge in [-0.1, -0.05) is 31.7 Å². The first-order chi connectivity index (χ1) is 12.4. The SMILES string of the molecule is CSc1nc2c(c(=O)[nH]1)C(c1cccnc1)C1=C(CC(C)(C)CC1=O)N2. The molecular formula is C19H20N4O2S. The molecule has 134 valence electrons. The maximum absolute atomic E-state index is 13.0. The van der Waals surface area contributed by atoms with Gasteiger partial charge in [-0.2, -0.15) is 0 Å². The Morgan fingerprint density at radius 3 is 2.77 bits per heavy atom. The molecule has 6 nitrogen and oxygen atoms in total. The van der Waals surface area contributed by atoms with E-state index in [2.05, 4.69) is 34.1 Å². The molecule has 1 aliphatic carbocycles. The molecule has 2 N–H and O–H groups in total. The van der Waals surface area contributed by atoms with Gasteiger partial charge in [0.1, 0.15) is 5.82 Å². The van der Waals surface area contributed by atoms with Crippen molar-refractivity contribution >= 4 is 23.4 Å². The van der Waals surface area contributed by atoms with E-state index in [1.54, 1.807) is 12.4 Å². The van der Waals surface area contributed by atoms with Crippen molar-refractivity contribution in [2.24, 2.45) is 5.41 Å². The third-order valence-corrected chi connectivity index (χ3v) is 5.49. The van der Waals surface area contributed by atoms with Crippen LogP contribution in [-0.2, 0) is 4.79 Å². The number of nitrogens with zero attached hydrogens (tertiary/aromatic N) is 2. The highest BCUT2D eigenvalue weighted by Gasteiger charge is 2.42. The second kappa shape index (κ2) is 6.09. The molecule has 3 heterocycles. The van der Waals surface area contributed by atoms with Crippen LogP contribution < -0.4 is 10.9 Å². The van der Waals surface area contributed by atoms with E-state index in [9.17, 15) is 9.59 Å². The van der Waals surface area contributed by atoms with E-state index in [-0.39, 0.29) is 16.8 Å². The van der Waals surface area contributed by atoms with Gasteiger partial charge in [0.2, 0.25) is 0 Å². The van der Waals surface area contributed by atoms with E-state index in [0.29, 0.717) is 28.5 Å². The number of thioether (sulfide) groups is 1. The number of aromatic amines is 1. The average molecular weight is 368 g/mol. The van der Waals surface area contributed by atoms with E-state index in [1.807, 2.05) is 18.4 Å². The molecule has 4 rings (SSSR count). The Labute approximate surface area is 155 Å². The van der Waals surface area contributed by atoms with Crippen molar-refractivity contribution in [2.75, 3.05) is 11.6 Å². The number of hydrogen-bond donors (Lipinski definition) is 2. The third-order valence-electron chi connectivity index (χ3n) is 4.91. The lowest BCUT2D eigenvalue weighted by Gasteiger charge is -2.38. The Balaban J connectivity index is 1.98. The largest absolute Gasteiger partial charge is 0.343 e. The number of carbonyl (C=O) groups is 1. The van der Waals surface area contributed by atoms with E-state index in [1.165, 1.54) is 11.8 Å². The predicted octanol–water partition coefficient (Wildman–Crippen LogP) is 3.09. The van der Waals surface area contributed by atoms with Crippen molar-refractivity contribution in [3.8, 4) is 0 Å². The molecule has 0 radical (unpaired) electrons. The fraction of sp³-hybridized carbons (Fsp3) is 0.368. The fourth-order valence-corrected chi connectivity index (χ4v) is 4.25. The summed E-state index contributed by atoms with van der Waals surface area (Å²) in [6.45, 7) is 4.17. The van der Waals surface area contributed by atoms with Gasteiger partial charge in [-0.05, 0) is 29.7 Å². The lowest BCUT2D eigenvalue weighted by atomic mass is 9.69. The highest BCUT2D eigenvalue weighted by atomic mass is 32.2. The van der Waals surface area contributed by atoms with Crippen LogP contribution in [0.2, 0.25) is 0 Å². The van der Waals surface area contributed by atoms with Crippen LogP contribution >= 0.6 is 11.8 Å². The average Bonchev–Trinajstić information content (AvgIpc) is 2.59. The molecule has 0 aromatic carbocycles.